The molecule has 0 aromatic heterocycles. The fourth-order valence-electron chi connectivity index (χ4n) is 2.69. The first-order valence-corrected chi connectivity index (χ1v) is 8.75. The van der Waals surface area contributed by atoms with Crippen molar-refractivity contribution >= 4 is 17.7 Å². The summed E-state index contributed by atoms with van der Waals surface area (Å²) in [7, 11) is 0. The van der Waals surface area contributed by atoms with Gasteiger partial charge in [-0.1, -0.05) is 0 Å². The number of ether oxygens (including phenoxy) is 2. The molecular weight excluding hydrogens is 320 g/mol. The number of nitrogens with one attached hydrogen (secondary N) is 1. The van der Waals surface area contributed by atoms with Gasteiger partial charge in [0.25, 0.3) is 5.91 Å². The van der Waals surface area contributed by atoms with E-state index in [1.165, 1.54) is 0 Å². The van der Waals surface area contributed by atoms with Gasteiger partial charge >= 0.3 is 6.09 Å². The van der Waals surface area contributed by atoms with E-state index in [1.54, 1.807) is 24.3 Å². The quantitative estimate of drug-likeness (QED) is 0.884. The number of benzene rings is 1. The fraction of sp³-hybridized carbons (Fsp3) is 0.579. The van der Waals surface area contributed by atoms with E-state index in [9.17, 15) is 9.59 Å². The molecule has 1 atom stereocenters. The number of nitrogens with zero attached hydrogens (tertiary/aromatic N) is 1. The summed E-state index contributed by atoms with van der Waals surface area (Å²) in [6, 6.07) is 6.87. The lowest BCUT2D eigenvalue weighted by Gasteiger charge is -2.24. The minimum absolute atomic E-state index is 0.00165. The second-order valence-corrected chi connectivity index (χ2v) is 7.28. The molecule has 1 aromatic carbocycles. The third kappa shape index (κ3) is 6.05. The summed E-state index contributed by atoms with van der Waals surface area (Å²) in [6.07, 6.45) is 0.491. The summed E-state index contributed by atoms with van der Waals surface area (Å²) < 4.78 is 10.6. The maximum Gasteiger partial charge on any atom is 0.412 e. The molecule has 0 spiro atoms. The van der Waals surface area contributed by atoms with Crippen LogP contribution in [0.1, 0.15) is 44.5 Å². The zero-order chi connectivity index (χ0) is 18.4. The van der Waals surface area contributed by atoms with Gasteiger partial charge < -0.3 is 14.4 Å². The van der Waals surface area contributed by atoms with Gasteiger partial charge in [0.1, 0.15) is 5.60 Å². The predicted octanol–water partition coefficient (Wildman–Crippen LogP) is 3.53. The van der Waals surface area contributed by atoms with Crippen LogP contribution in [-0.2, 0) is 9.47 Å². The third-order valence-corrected chi connectivity index (χ3v) is 3.95. The highest BCUT2D eigenvalue weighted by atomic mass is 16.6. The highest BCUT2D eigenvalue weighted by Crippen LogP contribution is 2.17. The monoisotopic (exact) mass is 348 g/mol. The minimum atomic E-state index is -0.550. The Bertz CT molecular complexity index is 586. The van der Waals surface area contributed by atoms with Gasteiger partial charge in [-0.15, -0.1) is 0 Å². The predicted molar refractivity (Wildman–Crippen MR) is 96.8 cm³/mol. The lowest BCUT2D eigenvalue weighted by Crippen LogP contribution is -2.35. The number of carbonyl (C=O) groups excluding carboxylic acids is 2. The number of anilines is 1. The van der Waals surface area contributed by atoms with Crippen LogP contribution < -0.4 is 5.32 Å². The van der Waals surface area contributed by atoms with E-state index in [-0.39, 0.29) is 5.91 Å². The van der Waals surface area contributed by atoms with E-state index in [0.29, 0.717) is 30.3 Å². The maximum atomic E-state index is 12.7. The molecule has 0 aliphatic carbocycles. The van der Waals surface area contributed by atoms with Gasteiger partial charge in [-0.05, 0) is 58.4 Å². The summed E-state index contributed by atoms with van der Waals surface area (Å²) in [6.45, 7) is 10.3. The molecule has 2 rings (SSSR count). The molecule has 1 saturated heterocycles. The van der Waals surface area contributed by atoms with Crippen molar-refractivity contribution < 1.29 is 19.1 Å². The molecule has 138 valence electrons. The van der Waals surface area contributed by atoms with E-state index in [2.05, 4.69) is 5.32 Å². The van der Waals surface area contributed by atoms with Crippen LogP contribution in [0, 0.1) is 5.92 Å². The first-order valence-electron chi connectivity index (χ1n) is 8.75. The van der Waals surface area contributed by atoms with E-state index < -0.39 is 11.7 Å². The van der Waals surface area contributed by atoms with Crippen LogP contribution in [0.25, 0.3) is 0 Å². The topological polar surface area (TPSA) is 67.9 Å². The molecule has 0 radical (unpaired) electrons. The van der Waals surface area contributed by atoms with Gasteiger partial charge in [-0.25, -0.2) is 4.79 Å². The first kappa shape index (κ1) is 19.2. The largest absolute Gasteiger partial charge is 0.444 e. The second-order valence-electron chi connectivity index (χ2n) is 7.28. The standard InChI is InChI=1S/C19H28N2O4/c1-5-21(12-14-10-11-24-13-14)17(22)15-6-8-16(9-7-15)20-18(23)25-19(2,3)4/h6-9,14H,5,10-13H2,1-4H3,(H,20,23)/t14-/m1/s1. The molecule has 1 N–H and O–H groups in total. The Balaban J connectivity index is 1.95. The molecule has 6 heteroatoms. The molecule has 0 bridgehead atoms. The van der Waals surface area contributed by atoms with Crippen molar-refractivity contribution in [3.05, 3.63) is 29.8 Å². The smallest absolute Gasteiger partial charge is 0.412 e. The van der Waals surface area contributed by atoms with Crippen LogP contribution in [0.15, 0.2) is 24.3 Å². The van der Waals surface area contributed by atoms with Crippen LogP contribution in [-0.4, -0.2) is 48.8 Å². The number of rotatable bonds is 5. The van der Waals surface area contributed by atoms with Gasteiger partial charge in [-0.2, -0.15) is 0 Å². The summed E-state index contributed by atoms with van der Waals surface area (Å²) in [5.41, 5.74) is 0.652. The van der Waals surface area contributed by atoms with Crippen molar-refractivity contribution in [3.8, 4) is 0 Å². The molecule has 1 aliphatic heterocycles. The average Bonchev–Trinajstić information content (AvgIpc) is 3.04. The van der Waals surface area contributed by atoms with Crippen molar-refractivity contribution in [2.45, 2.75) is 39.7 Å². The number of amides is 2. The first-order chi connectivity index (χ1) is 11.8. The Morgan fingerprint density at radius 2 is 1.96 bits per heavy atom. The molecule has 1 heterocycles. The number of hydrogen-bond acceptors (Lipinski definition) is 4. The van der Waals surface area contributed by atoms with Crippen molar-refractivity contribution in [1.82, 2.24) is 4.90 Å². The van der Waals surface area contributed by atoms with Gasteiger partial charge in [0.2, 0.25) is 0 Å². The van der Waals surface area contributed by atoms with Gasteiger partial charge in [0.15, 0.2) is 0 Å². The Morgan fingerprint density at radius 3 is 2.48 bits per heavy atom. The molecule has 25 heavy (non-hydrogen) atoms. The summed E-state index contributed by atoms with van der Waals surface area (Å²) >= 11 is 0. The van der Waals surface area contributed by atoms with E-state index >= 15 is 0 Å². The van der Waals surface area contributed by atoms with Crippen molar-refractivity contribution in [3.63, 3.8) is 0 Å². The van der Waals surface area contributed by atoms with E-state index in [1.807, 2.05) is 32.6 Å². The average molecular weight is 348 g/mol. The summed E-state index contributed by atoms with van der Waals surface area (Å²) in [4.78, 5) is 26.3. The SMILES string of the molecule is CCN(C[C@H]1CCOC1)C(=O)c1ccc(NC(=O)OC(C)(C)C)cc1. The van der Waals surface area contributed by atoms with Crippen LogP contribution in [0.2, 0.25) is 0 Å². The zero-order valence-electron chi connectivity index (χ0n) is 15.5. The molecule has 0 saturated carbocycles. The van der Waals surface area contributed by atoms with E-state index in [0.717, 1.165) is 19.6 Å². The Labute approximate surface area is 149 Å². The van der Waals surface area contributed by atoms with Crippen molar-refractivity contribution in [2.24, 2.45) is 5.92 Å². The molecular formula is C19H28N2O4. The lowest BCUT2D eigenvalue weighted by atomic mass is 10.1. The van der Waals surface area contributed by atoms with Gasteiger partial charge in [0.05, 0.1) is 6.61 Å². The summed E-state index contributed by atoms with van der Waals surface area (Å²) in [5.74, 6) is 0.412. The van der Waals surface area contributed by atoms with Crippen LogP contribution in [0.4, 0.5) is 10.5 Å². The third-order valence-electron chi connectivity index (χ3n) is 3.95. The van der Waals surface area contributed by atoms with Crippen LogP contribution in [0.3, 0.4) is 0 Å². The zero-order valence-corrected chi connectivity index (χ0v) is 15.5. The normalized spacial score (nSPS) is 17.2. The maximum absolute atomic E-state index is 12.7. The van der Waals surface area contributed by atoms with Crippen molar-refractivity contribution in [2.75, 3.05) is 31.6 Å². The highest BCUT2D eigenvalue weighted by molar-refractivity contribution is 5.95. The van der Waals surface area contributed by atoms with Crippen LogP contribution in [0.5, 0.6) is 0 Å². The fourth-order valence-corrected chi connectivity index (χ4v) is 2.69. The van der Waals surface area contributed by atoms with Crippen LogP contribution >= 0.6 is 0 Å². The molecule has 6 nitrogen and oxygen atoms in total. The molecule has 1 aliphatic rings. The Morgan fingerprint density at radius 1 is 1.28 bits per heavy atom. The molecule has 1 aromatic rings. The van der Waals surface area contributed by atoms with E-state index in [4.69, 9.17) is 9.47 Å². The molecule has 1 fully saturated rings. The number of hydrogen-bond donors (Lipinski definition) is 1. The highest BCUT2D eigenvalue weighted by Gasteiger charge is 2.22. The molecule has 0 unspecified atom stereocenters. The van der Waals surface area contributed by atoms with Crippen molar-refractivity contribution in [1.29, 1.82) is 0 Å². The minimum Gasteiger partial charge on any atom is -0.444 e. The van der Waals surface area contributed by atoms with Gasteiger partial charge in [0, 0.05) is 36.9 Å². The summed E-state index contributed by atoms with van der Waals surface area (Å²) in [5, 5.41) is 2.66. The van der Waals surface area contributed by atoms with Gasteiger partial charge in [-0.3, -0.25) is 10.1 Å². The number of carbonyl (C=O) groups is 2. The lowest BCUT2D eigenvalue weighted by molar-refractivity contribution is 0.0635. The Hall–Kier alpha value is -2.08. The Kier molecular flexibility index (Phi) is 6.42. The second kappa shape index (κ2) is 8.34. The molecule has 2 amide bonds.